The van der Waals surface area contributed by atoms with Gasteiger partial charge in [0.2, 0.25) is 11.8 Å². The van der Waals surface area contributed by atoms with Crippen LogP contribution in [0.2, 0.25) is 0 Å². The van der Waals surface area contributed by atoms with Crippen molar-refractivity contribution >= 4 is 23.6 Å². The lowest BCUT2D eigenvalue weighted by Gasteiger charge is -2.31. The first-order valence-corrected chi connectivity index (χ1v) is 14.0. The second-order valence-corrected chi connectivity index (χ2v) is 10.4. The van der Waals surface area contributed by atoms with Crippen LogP contribution in [0.25, 0.3) is 0 Å². The van der Waals surface area contributed by atoms with Crippen molar-refractivity contribution in [3.63, 3.8) is 0 Å². The van der Waals surface area contributed by atoms with Gasteiger partial charge in [-0.2, -0.15) is 0 Å². The van der Waals surface area contributed by atoms with Crippen LogP contribution in [0.15, 0.2) is 72.8 Å². The van der Waals surface area contributed by atoms with E-state index in [9.17, 15) is 14.0 Å². The molecule has 0 saturated carbocycles. The van der Waals surface area contributed by atoms with E-state index in [4.69, 9.17) is 0 Å². The summed E-state index contributed by atoms with van der Waals surface area (Å²) in [6.07, 6.45) is 2.17. The molecule has 0 unspecified atom stereocenters. The molecule has 196 valence electrons. The summed E-state index contributed by atoms with van der Waals surface area (Å²) >= 11 is 1.52. The molecule has 0 saturated heterocycles. The number of rotatable bonds is 13. The predicted molar refractivity (Wildman–Crippen MR) is 151 cm³/mol. The minimum absolute atomic E-state index is 0.0360. The Balaban J connectivity index is 1.84. The van der Waals surface area contributed by atoms with Gasteiger partial charge in [-0.25, -0.2) is 4.39 Å². The standard InChI is InChI=1S/C31H37FN2O2S/c1-4-5-15-33-31(36)29(19-25-11-7-6-8-12-25)34(20-27-13-9-10-14-28(27)32)30(35)22-37-21-26-17-23(2)16-24(3)18-26/h6-14,16-18,29H,4-5,15,19-22H2,1-3H3,(H,33,36)/t29-/m1/s1. The molecule has 0 radical (unpaired) electrons. The Morgan fingerprint density at radius 3 is 2.30 bits per heavy atom. The molecule has 4 nitrogen and oxygen atoms in total. The summed E-state index contributed by atoms with van der Waals surface area (Å²) in [6, 6.07) is 21.7. The Labute approximate surface area is 224 Å². The molecule has 3 aromatic carbocycles. The maximum atomic E-state index is 14.7. The summed E-state index contributed by atoms with van der Waals surface area (Å²) in [7, 11) is 0. The first kappa shape index (κ1) is 28.5. The van der Waals surface area contributed by atoms with E-state index in [1.165, 1.54) is 29.0 Å². The average molecular weight is 521 g/mol. The van der Waals surface area contributed by atoms with Gasteiger partial charge in [-0.05, 0) is 37.5 Å². The molecule has 0 heterocycles. The van der Waals surface area contributed by atoms with E-state index in [2.05, 4.69) is 44.3 Å². The van der Waals surface area contributed by atoms with Crippen molar-refractivity contribution in [3.8, 4) is 0 Å². The molecule has 0 fully saturated rings. The van der Waals surface area contributed by atoms with E-state index < -0.39 is 6.04 Å². The molecule has 1 N–H and O–H groups in total. The van der Waals surface area contributed by atoms with Crippen molar-refractivity contribution in [1.82, 2.24) is 10.2 Å². The van der Waals surface area contributed by atoms with Gasteiger partial charge in [-0.1, -0.05) is 91.2 Å². The highest BCUT2D eigenvalue weighted by Crippen LogP contribution is 2.20. The zero-order valence-electron chi connectivity index (χ0n) is 22.0. The minimum atomic E-state index is -0.742. The molecule has 0 aliphatic heterocycles. The zero-order valence-corrected chi connectivity index (χ0v) is 22.8. The molecule has 2 amide bonds. The second kappa shape index (κ2) is 14.6. The predicted octanol–water partition coefficient (Wildman–Crippen LogP) is 6.23. The number of amides is 2. The molecule has 6 heteroatoms. The van der Waals surface area contributed by atoms with Crippen LogP contribution in [-0.4, -0.2) is 35.1 Å². The molecule has 0 bridgehead atoms. The summed E-state index contributed by atoms with van der Waals surface area (Å²) in [5, 5.41) is 3.00. The van der Waals surface area contributed by atoms with Gasteiger partial charge >= 0.3 is 0 Å². The molecule has 37 heavy (non-hydrogen) atoms. The lowest BCUT2D eigenvalue weighted by molar-refractivity contribution is -0.139. The summed E-state index contributed by atoms with van der Waals surface area (Å²) in [4.78, 5) is 28.6. The highest BCUT2D eigenvalue weighted by atomic mass is 32.2. The van der Waals surface area contributed by atoms with Crippen LogP contribution in [-0.2, 0) is 28.3 Å². The third-order valence-corrected chi connectivity index (χ3v) is 7.16. The van der Waals surface area contributed by atoms with E-state index in [0.717, 1.165) is 24.0 Å². The fourth-order valence-corrected chi connectivity index (χ4v) is 5.21. The van der Waals surface area contributed by atoms with E-state index in [1.54, 1.807) is 23.1 Å². The fourth-order valence-electron chi connectivity index (χ4n) is 4.36. The summed E-state index contributed by atoms with van der Waals surface area (Å²) in [6.45, 7) is 6.77. The van der Waals surface area contributed by atoms with Gasteiger partial charge in [0, 0.05) is 30.8 Å². The van der Waals surface area contributed by atoms with Gasteiger partial charge in [0.15, 0.2) is 0 Å². The van der Waals surface area contributed by atoms with Crippen LogP contribution in [0.4, 0.5) is 4.39 Å². The number of nitrogens with zero attached hydrogens (tertiary/aromatic N) is 1. The number of aryl methyl sites for hydroxylation is 2. The number of nitrogens with one attached hydrogen (secondary N) is 1. The molecule has 1 atom stereocenters. The number of halogens is 1. The molecule has 0 spiro atoms. The van der Waals surface area contributed by atoms with Crippen LogP contribution in [0.1, 0.15) is 47.6 Å². The summed E-state index contributed by atoms with van der Waals surface area (Å²) < 4.78 is 14.7. The second-order valence-electron chi connectivity index (χ2n) is 9.45. The fraction of sp³-hybridized carbons (Fsp3) is 0.355. The van der Waals surface area contributed by atoms with Gasteiger partial charge in [0.25, 0.3) is 0 Å². The molecule has 0 aromatic heterocycles. The van der Waals surface area contributed by atoms with Crippen molar-refractivity contribution in [2.24, 2.45) is 0 Å². The number of carbonyl (C=O) groups excluding carboxylic acids is 2. The van der Waals surface area contributed by atoms with E-state index in [-0.39, 0.29) is 29.9 Å². The van der Waals surface area contributed by atoms with Crippen molar-refractivity contribution < 1.29 is 14.0 Å². The maximum absolute atomic E-state index is 14.7. The van der Waals surface area contributed by atoms with Gasteiger partial charge in [0.05, 0.1) is 5.75 Å². The molecule has 3 aromatic rings. The monoisotopic (exact) mass is 520 g/mol. The highest BCUT2D eigenvalue weighted by Gasteiger charge is 2.30. The minimum Gasteiger partial charge on any atom is -0.354 e. The molecular formula is C31H37FN2O2S. The smallest absolute Gasteiger partial charge is 0.243 e. The van der Waals surface area contributed by atoms with Crippen molar-refractivity contribution in [3.05, 3.63) is 106 Å². The first-order chi connectivity index (χ1) is 17.9. The molecule has 0 aliphatic carbocycles. The van der Waals surface area contributed by atoms with E-state index in [1.807, 2.05) is 30.3 Å². The van der Waals surface area contributed by atoms with Crippen molar-refractivity contribution in [2.75, 3.05) is 12.3 Å². The molecule has 3 rings (SSSR count). The van der Waals surface area contributed by atoms with Gasteiger partial charge in [0.1, 0.15) is 11.9 Å². The highest BCUT2D eigenvalue weighted by molar-refractivity contribution is 7.99. The first-order valence-electron chi connectivity index (χ1n) is 12.9. The number of hydrogen-bond donors (Lipinski definition) is 1. The maximum Gasteiger partial charge on any atom is 0.243 e. The van der Waals surface area contributed by atoms with E-state index >= 15 is 0 Å². The molecule has 0 aliphatic rings. The lowest BCUT2D eigenvalue weighted by atomic mass is 10.0. The topological polar surface area (TPSA) is 49.4 Å². The third kappa shape index (κ3) is 9.04. The number of hydrogen-bond acceptors (Lipinski definition) is 3. The van der Waals surface area contributed by atoms with Crippen LogP contribution >= 0.6 is 11.8 Å². The largest absolute Gasteiger partial charge is 0.354 e. The zero-order chi connectivity index (χ0) is 26.6. The Morgan fingerprint density at radius 1 is 0.946 bits per heavy atom. The number of benzene rings is 3. The SMILES string of the molecule is CCCCNC(=O)[C@@H](Cc1ccccc1)N(Cc1ccccc1F)C(=O)CSCc1cc(C)cc(C)c1. The van der Waals surface area contributed by atoms with Crippen LogP contribution in [0.3, 0.4) is 0 Å². The van der Waals surface area contributed by atoms with Gasteiger partial charge in [-0.3, -0.25) is 9.59 Å². The van der Waals surface area contributed by atoms with Crippen LogP contribution < -0.4 is 5.32 Å². The van der Waals surface area contributed by atoms with Gasteiger partial charge < -0.3 is 10.2 Å². The van der Waals surface area contributed by atoms with Crippen molar-refractivity contribution in [2.45, 2.75) is 58.4 Å². The molecular weight excluding hydrogens is 483 g/mol. The Hall–Kier alpha value is -3.12. The summed E-state index contributed by atoms with van der Waals surface area (Å²) in [5.74, 6) is 0.126. The normalized spacial score (nSPS) is 11.7. The average Bonchev–Trinajstić information content (AvgIpc) is 2.87. The number of thioether (sulfide) groups is 1. The van der Waals surface area contributed by atoms with E-state index in [0.29, 0.717) is 24.3 Å². The summed E-state index contributed by atoms with van der Waals surface area (Å²) in [5.41, 5.74) is 4.89. The quantitative estimate of drug-likeness (QED) is 0.272. The van der Waals surface area contributed by atoms with Crippen LogP contribution in [0, 0.1) is 19.7 Å². The Bertz CT molecular complexity index is 1150. The Morgan fingerprint density at radius 2 is 1.62 bits per heavy atom. The number of carbonyl (C=O) groups is 2. The lowest BCUT2D eigenvalue weighted by Crippen LogP contribution is -2.51. The number of unbranched alkanes of at least 4 members (excludes halogenated alkanes) is 1. The van der Waals surface area contributed by atoms with Crippen molar-refractivity contribution in [1.29, 1.82) is 0 Å². The van der Waals surface area contributed by atoms with Gasteiger partial charge in [-0.15, -0.1) is 11.8 Å². The Kier molecular flexibility index (Phi) is 11.2. The van der Waals surface area contributed by atoms with Crippen LogP contribution in [0.5, 0.6) is 0 Å². The third-order valence-electron chi connectivity index (χ3n) is 6.17.